The van der Waals surface area contributed by atoms with Gasteiger partial charge in [0.1, 0.15) is 10.8 Å². The maximum Gasteiger partial charge on any atom is 0.223 e. The summed E-state index contributed by atoms with van der Waals surface area (Å²) in [5, 5.41) is 1.26. The first-order valence-electron chi connectivity index (χ1n) is 7.72. The molecule has 0 aliphatic carbocycles. The Morgan fingerprint density at radius 1 is 1.29 bits per heavy atom. The first kappa shape index (κ1) is 17.2. The minimum atomic E-state index is 0.178. The second kappa shape index (κ2) is 6.33. The van der Waals surface area contributed by atoms with E-state index in [0.717, 1.165) is 37.9 Å². The molecular weight excluding hydrogens is 390 g/mol. The number of fused-ring (bicyclic) bond motifs is 1. The van der Waals surface area contributed by atoms with Gasteiger partial charge in [-0.15, -0.1) is 0 Å². The number of pyridine rings is 1. The highest BCUT2D eigenvalue weighted by atomic mass is 79.9. The third-order valence-corrected chi connectivity index (χ3v) is 5.68. The number of anilines is 1. The first-order valence-corrected chi connectivity index (χ1v) is 8.89. The Morgan fingerprint density at radius 2 is 2.00 bits per heavy atom. The number of rotatable bonds is 3. The Morgan fingerprint density at radius 3 is 2.67 bits per heavy atom. The molecule has 0 saturated carbocycles. The van der Waals surface area contributed by atoms with Crippen molar-refractivity contribution >= 4 is 44.5 Å². The van der Waals surface area contributed by atoms with Crippen LogP contribution in [0.4, 0.5) is 5.95 Å². The molecule has 0 saturated heterocycles. The maximum atomic E-state index is 6.34. The lowest BCUT2D eigenvalue weighted by Crippen LogP contribution is -2.06. The third kappa shape index (κ3) is 2.89. The van der Waals surface area contributed by atoms with E-state index in [1.54, 1.807) is 0 Å². The summed E-state index contributed by atoms with van der Waals surface area (Å²) in [6, 6.07) is 0. The van der Waals surface area contributed by atoms with Crippen LogP contribution in [0.3, 0.4) is 0 Å². The Hall–Kier alpha value is -1.66. The minimum Gasteiger partial charge on any atom is -0.368 e. The summed E-state index contributed by atoms with van der Waals surface area (Å²) < 4.78 is 3.13. The minimum absolute atomic E-state index is 0.178. The quantitative estimate of drug-likeness (QED) is 0.642. The smallest absolute Gasteiger partial charge is 0.223 e. The summed E-state index contributed by atoms with van der Waals surface area (Å²) in [5.41, 5.74) is 10.9. The Labute approximate surface area is 154 Å². The van der Waals surface area contributed by atoms with Crippen molar-refractivity contribution in [2.45, 2.75) is 40.2 Å². The number of aromatic nitrogens is 4. The van der Waals surface area contributed by atoms with E-state index < -0.39 is 0 Å². The average Bonchev–Trinajstić information content (AvgIpc) is 2.87. The first-order chi connectivity index (χ1) is 11.3. The summed E-state index contributed by atoms with van der Waals surface area (Å²) in [6.45, 7) is 8.94. The normalized spacial score (nSPS) is 11.6. The van der Waals surface area contributed by atoms with Crippen LogP contribution in [0, 0.1) is 13.8 Å². The van der Waals surface area contributed by atoms with Crippen molar-refractivity contribution in [3.63, 3.8) is 0 Å². The molecule has 0 bridgehead atoms. The number of hydrogen-bond acceptors (Lipinski definition) is 4. The molecule has 0 aromatic carbocycles. The summed E-state index contributed by atoms with van der Waals surface area (Å²) in [4.78, 5) is 13.1. The van der Waals surface area contributed by atoms with Crippen LogP contribution >= 0.6 is 27.5 Å². The molecule has 7 heteroatoms. The second-order valence-corrected chi connectivity index (χ2v) is 7.42. The zero-order valence-corrected chi connectivity index (χ0v) is 16.4. The van der Waals surface area contributed by atoms with Crippen LogP contribution in [0.15, 0.2) is 16.9 Å². The molecule has 0 aliphatic rings. The molecule has 3 aromatic heterocycles. The molecule has 0 unspecified atom stereocenters. The van der Waals surface area contributed by atoms with E-state index in [1.807, 2.05) is 17.7 Å². The number of hydrogen-bond donors (Lipinski definition) is 1. The van der Waals surface area contributed by atoms with Crippen molar-refractivity contribution < 1.29 is 0 Å². The van der Waals surface area contributed by atoms with Gasteiger partial charge in [-0.3, -0.25) is 4.98 Å². The predicted molar refractivity (Wildman–Crippen MR) is 102 cm³/mol. The van der Waals surface area contributed by atoms with E-state index in [0.29, 0.717) is 17.6 Å². The highest BCUT2D eigenvalue weighted by Gasteiger charge is 2.18. The van der Waals surface area contributed by atoms with Gasteiger partial charge in [0.2, 0.25) is 5.95 Å². The molecule has 126 valence electrons. The monoisotopic (exact) mass is 407 g/mol. The lowest BCUT2D eigenvalue weighted by molar-refractivity contribution is 0.774. The molecule has 0 amide bonds. The van der Waals surface area contributed by atoms with Gasteiger partial charge < -0.3 is 10.3 Å². The van der Waals surface area contributed by atoms with E-state index in [-0.39, 0.29) is 5.95 Å². The van der Waals surface area contributed by atoms with E-state index in [9.17, 15) is 0 Å². The van der Waals surface area contributed by atoms with Gasteiger partial charge >= 0.3 is 0 Å². The van der Waals surface area contributed by atoms with Crippen molar-refractivity contribution in [2.75, 3.05) is 5.73 Å². The van der Waals surface area contributed by atoms with Crippen LogP contribution in [-0.2, 0) is 6.54 Å². The summed E-state index contributed by atoms with van der Waals surface area (Å²) in [5.74, 6) is 0.481. The van der Waals surface area contributed by atoms with Gasteiger partial charge in [-0.2, -0.15) is 4.98 Å². The number of aryl methyl sites for hydroxylation is 1. The highest BCUT2D eigenvalue weighted by Crippen LogP contribution is 2.32. The zero-order valence-electron chi connectivity index (χ0n) is 14.1. The molecule has 24 heavy (non-hydrogen) atoms. The number of halogens is 2. The lowest BCUT2D eigenvalue weighted by Gasteiger charge is -2.10. The van der Waals surface area contributed by atoms with E-state index in [1.165, 1.54) is 0 Å². The van der Waals surface area contributed by atoms with Gasteiger partial charge in [0, 0.05) is 16.9 Å². The zero-order chi connectivity index (χ0) is 17.6. The molecule has 3 rings (SSSR count). The molecule has 0 aliphatic heterocycles. The van der Waals surface area contributed by atoms with E-state index >= 15 is 0 Å². The fourth-order valence-corrected chi connectivity index (χ4v) is 3.43. The van der Waals surface area contributed by atoms with Crippen molar-refractivity contribution in [1.82, 2.24) is 19.5 Å². The fraction of sp³-hybridized carbons (Fsp3) is 0.353. The Bertz CT molecular complexity index is 933. The Kier molecular flexibility index (Phi) is 4.53. The van der Waals surface area contributed by atoms with E-state index in [4.69, 9.17) is 17.3 Å². The standard InChI is InChI=1S/C17H19BrClN5/c1-8(2)11-6-24(16-13(11)15(19)22-17(20)23-16)7-12-10(4)14(18)9(3)5-21-12/h5-6,8H,7H2,1-4H3,(H2,20,22,23). The number of nitrogen functional groups attached to an aromatic ring is 1. The van der Waals surface area contributed by atoms with Gasteiger partial charge in [-0.1, -0.05) is 41.4 Å². The summed E-state index contributed by atoms with van der Waals surface area (Å²) >= 11 is 9.97. The number of nitrogens with two attached hydrogens (primary N) is 1. The molecule has 2 N–H and O–H groups in total. The van der Waals surface area contributed by atoms with Gasteiger partial charge in [-0.05, 0) is 36.5 Å². The van der Waals surface area contributed by atoms with Gasteiger partial charge in [0.15, 0.2) is 0 Å². The SMILES string of the molecule is Cc1cnc(Cn2cc(C(C)C)c3c(Cl)nc(N)nc32)c(C)c1Br. The third-order valence-electron chi connectivity index (χ3n) is 4.18. The molecule has 0 atom stereocenters. The predicted octanol–water partition coefficient (Wildman–Crippen LogP) is 4.61. The molecule has 3 heterocycles. The second-order valence-electron chi connectivity index (χ2n) is 6.27. The summed E-state index contributed by atoms with van der Waals surface area (Å²) in [7, 11) is 0. The highest BCUT2D eigenvalue weighted by molar-refractivity contribution is 9.10. The molecular formula is C17H19BrClN5. The number of nitrogens with zero attached hydrogens (tertiary/aromatic N) is 4. The van der Waals surface area contributed by atoms with Crippen LogP contribution in [-0.4, -0.2) is 19.5 Å². The molecule has 5 nitrogen and oxygen atoms in total. The topological polar surface area (TPSA) is 69.6 Å². The van der Waals surface area contributed by atoms with Crippen molar-refractivity contribution in [2.24, 2.45) is 0 Å². The lowest BCUT2D eigenvalue weighted by atomic mass is 10.0. The van der Waals surface area contributed by atoms with E-state index in [2.05, 4.69) is 57.8 Å². The van der Waals surface area contributed by atoms with Crippen LogP contribution < -0.4 is 5.73 Å². The largest absolute Gasteiger partial charge is 0.368 e. The van der Waals surface area contributed by atoms with Crippen LogP contribution in [0.5, 0.6) is 0 Å². The van der Waals surface area contributed by atoms with Crippen LogP contribution in [0.2, 0.25) is 5.15 Å². The van der Waals surface area contributed by atoms with Crippen molar-refractivity contribution in [1.29, 1.82) is 0 Å². The van der Waals surface area contributed by atoms with Crippen molar-refractivity contribution in [3.05, 3.63) is 44.4 Å². The van der Waals surface area contributed by atoms with Gasteiger partial charge in [0.25, 0.3) is 0 Å². The average molecular weight is 409 g/mol. The molecule has 0 fully saturated rings. The van der Waals surface area contributed by atoms with Gasteiger partial charge in [-0.25, -0.2) is 4.98 Å². The maximum absolute atomic E-state index is 6.34. The van der Waals surface area contributed by atoms with Crippen LogP contribution in [0.1, 0.15) is 42.1 Å². The molecule has 3 aromatic rings. The van der Waals surface area contributed by atoms with Crippen molar-refractivity contribution in [3.8, 4) is 0 Å². The fourth-order valence-electron chi connectivity index (χ4n) is 2.82. The Balaban J connectivity index is 2.19. The summed E-state index contributed by atoms with van der Waals surface area (Å²) in [6.07, 6.45) is 3.95. The van der Waals surface area contributed by atoms with Crippen LogP contribution in [0.25, 0.3) is 11.0 Å². The van der Waals surface area contributed by atoms with Gasteiger partial charge in [0.05, 0.1) is 17.6 Å². The molecule has 0 spiro atoms. The molecule has 0 radical (unpaired) electrons.